The summed E-state index contributed by atoms with van der Waals surface area (Å²) >= 11 is 0. The third-order valence-electron chi connectivity index (χ3n) is 3.08. The van der Waals surface area contributed by atoms with Crippen LogP contribution in [0.15, 0.2) is 0 Å². The molecule has 0 amide bonds. The zero-order chi connectivity index (χ0) is 12.0. The van der Waals surface area contributed by atoms with Gasteiger partial charge in [0.05, 0.1) is 6.07 Å². The van der Waals surface area contributed by atoms with Crippen molar-refractivity contribution in [3.8, 4) is 6.07 Å². The van der Waals surface area contributed by atoms with Gasteiger partial charge in [-0.15, -0.1) is 0 Å². The monoisotopic (exact) mass is 222 g/mol. The van der Waals surface area contributed by atoms with Gasteiger partial charge in [-0.05, 0) is 18.8 Å². The summed E-state index contributed by atoms with van der Waals surface area (Å²) in [5.74, 6) is 0.984. The summed E-state index contributed by atoms with van der Waals surface area (Å²) in [5, 5.41) is 8.66. The highest BCUT2D eigenvalue weighted by Gasteiger charge is 2.25. The second-order valence-corrected chi connectivity index (χ2v) is 5.09. The highest BCUT2D eigenvalue weighted by Crippen LogP contribution is 2.21. The molecule has 1 fully saturated rings. The Morgan fingerprint density at radius 3 is 2.88 bits per heavy atom. The van der Waals surface area contributed by atoms with Crippen molar-refractivity contribution in [3.05, 3.63) is 0 Å². The summed E-state index contributed by atoms with van der Waals surface area (Å²) in [6.45, 7) is 6.18. The van der Waals surface area contributed by atoms with Crippen LogP contribution >= 0.6 is 0 Å². The van der Waals surface area contributed by atoms with Gasteiger partial charge in [0.2, 0.25) is 0 Å². The van der Waals surface area contributed by atoms with Gasteiger partial charge in [0, 0.05) is 38.4 Å². The minimum Gasteiger partial charge on any atom is -0.300 e. The molecular weight excluding hydrogens is 200 g/mol. The van der Waals surface area contributed by atoms with Crippen LogP contribution in [0.5, 0.6) is 0 Å². The lowest BCUT2D eigenvalue weighted by Crippen LogP contribution is -2.41. The first kappa shape index (κ1) is 13.2. The van der Waals surface area contributed by atoms with Crippen molar-refractivity contribution in [2.75, 3.05) is 13.1 Å². The molecule has 1 saturated carbocycles. The van der Waals surface area contributed by atoms with E-state index in [9.17, 15) is 4.79 Å². The summed E-state index contributed by atoms with van der Waals surface area (Å²) in [7, 11) is 0. The predicted octanol–water partition coefficient (Wildman–Crippen LogP) is 2.37. The number of carbonyl (C=O) groups is 1. The molecule has 0 saturated heterocycles. The van der Waals surface area contributed by atoms with E-state index in [1.54, 1.807) is 0 Å². The molecule has 0 heterocycles. The molecule has 0 aromatic heterocycles. The van der Waals surface area contributed by atoms with Crippen molar-refractivity contribution in [3.63, 3.8) is 0 Å². The topological polar surface area (TPSA) is 44.1 Å². The van der Waals surface area contributed by atoms with Gasteiger partial charge in [-0.3, -0.25) is 9.69 Å². The van der Waals surface area contributed by atoms with Crippen LogP contribution in [0.2, 0.25) is 0 Å². The lowest BCUT2D eigenvalue weighted by molar-refractivity contribution is -0.122. The Bertz CT molecular complexity index is 268. The minimum atomic E-state index is 0.386. The molecule has 16 heavy (non-hydrogen) atoms. The molecule has 0 aromatic carbocycles. The smallest absolute Gasteiger partial charge is 0.134 e. The van der Waals surface area contributed by atoms with Crippen molar-refractivity contribution in [1.82, 2.24) is 4.90 Å². The van der Waals surface area contributed by atoms with Crippen molar-refractivity contribution in [1.29, 1.82) is 5.26 Å². The van der Waals surface area contributed by atoms with Crippen molar-refractivity contribution >= 4 is 5.78 Å². The highest BCUT2D eigenvalue weighted by atomic mass is 16.1. The van der Waals surface area contributed by atoms with E-state index in [-0.39, 0.29) is 0 Å². The molecular formula is C13H22N2O. The first-order valence-corrected chi connectivity index (χ1v) is 6.26. The Kier molecular flexibility index (Phi) is 5.48. The van der Waals surface area contributed by atoms with E-state index >= 15 is 0 Å². The number of carbonyl (C=O) groups excluding carboxylic acids is 1. The van der Waals surface area contributed by atoms with Gasteiger partial charge in [-0.2, -0.15) is 5.26 Å². The summed E-state index contributed by atoms with van der Waals surface area (Å²) in [6, 6.07) is 2.58. The zero-order valence-electron chi connectivity index (χ0n) is 10.4. The number of nitriles is 1. The SMILES string of the molecule is CC(C)CN(CCC#N)C1CCCC(=O)C1. The molecule has 1 aliphatic carbocycles. The van der Waals surface area contributed by atoms with Crippen LogP contribution in [0.25, 0.3) is 0 Å². The number of nitrogens with zero attached hydrogens (tertiary/aromatic N) is 2. The van der Waals surface area contributed by atoms with Crippen LogP contribution in [0, 0.1) is 17.2 Å². The highest BCUT2D eigenvalue weighted by molar-refractivity contribution is 5.79. The third-order valence-corrected chi connectivity index (χ3v) is 3.08. The Labute approximate surface area is 98.4 Å². The molecule has 1 aliphatic rings. The van der Waals surface area contributed by atoms with E-state index in [2.05, 4.69) is 24.8 Å². The average molecular weight is 222 g/mol. The Morgan fingerprint density at radius 1 is 1.56 bits per heavy atom. The quantitative estimate of drug-likeness (QED) is 0.717. The number of rotatable bonds is 5. The van der Waals surface area contributed by atoms with E-state index < -0.39 is 0 Å². The van der Waals surface area contributed by atoms with Crippen molar-refractivity contribution in [2.24, 2.45) is 5.92 Å². The maximum absolute atomic E-state index is 11.4. The van der Waals surface area contributed by atoms with Gasteiger partial charge in [-0.1, -0.05) is 13.8 Å². The van der Waals surface area contributed by atoms with Crippen LogP contribution in [0.3, 0.4) is 0 Å². The van der Waals surface area contributed by atoms with Crippen LogP contribution in [0.1, 0.15) is 46.0 Å². The molecule has 0 radical (unpaired) electrons. The second kappa shape index (κ2) is 6.65. The van der Waals surface area contributed by atoms with E-state index in [0.29, 0.717) is 30.6 Å². The predicted molar refractivity (Wildman–Crippen MR) is 63.9 cm³/mol. The lowest BCUT2D eigenvalue weighted by atomic mass is 9.92. The maximum atomic E-state index is 11.4. The number of Topliss-reactive ketones (excluding diaryl/α,β-unsaturated/α-hetero) is 1. The third kappa shape index (κ3) is 4.32. The summed E-state index contributed by atoms with van der Waals surface area (Å²) in [6.07, 6.45) is 4.15. The fourth-order valence-electron chi connectivity index (χ4n) is 2.40. The Balaban J connectivity index is 2.52. The zero-order valence-corrected chi connectivity index (χ0v) is 10.4. The summed E-state index contributed by atoms with van der Waals surface area (Å²) in [4.78, 5) is 13.8. The number of ketones is 1. The summed E-state index contributed by atoms with van der Waals surface area (Å²) < 4.78 is 0. The standard InChI is InChI=1S/C13H22N2O/c1-11(2)10-15(8-4-7-14)12-5-3-6-13(16)9-12/h11-12H,3-6,8-10H2,1-2H3. The molecule has 3 nitrogen and oxygen atoms in total. The number of hydrogen-bond donors (Lipinski definition) is 0. The lowest BCUT2D eigenvalue weighted by Gasteiger charge is -2.34. The van der Waals surface area contributed by atoms with Crippen LogP contribution < -0.4 is 0 Å². The maximum Gasteiger partial charge on any atom is 0.134 e. The Morgan fingerprint density at radius 2 is 2.31 bits per heavy atom. The van der Waals surface area contributed by atoms with Crippen LogP contribution in [-0.4, -0.2) is 29.8 Å². The molecule has 0 spiro atoms. The fourth-order valence-corrected chi connectivity index (χ4v) is 2.40. The van der Waals surface area contributed by atoms with Gasteiger partial charge in [0.15, 0.2) is 0 Å². The van der Waals surface area contributed by atoms with Gasteiger partial charge < -0.3 is 0 Å². The molecule has 90 valence electrons. The summed E-state index contributed by atoms with van der Waals surface area (Å²) in [5.41, 5.74) is 0. The molecule has 3 heteroatoms. The largest absolute Gasteiger partial charge is 0.300 e. The number of hydrogen-bond acceptors (Lipinski definition) is 3. The minimum absolute atomic E-state index is 0.386. The van der Waals surface area contributed by atoms with Gasteiger partial charge in [0.1, 0.15) is 5.78 Å². The van der Waals surface area contributed by atoms with E-state index in [1.807, 2.05) is 0 Å². The van der Waals surface area contributed by atoms with E-state index in [0.717, 1.165) is 32.4 Å². The van der Waals surface area contributed by atoms with Gasteiger partial charge in [0.25, 0.3) is 0 Å². The molecule has 0 aromatic rings. The first-order valence-electron chi connectivity index (χ1n) is 6.26. The van der Waals surface area contributed by atoms with E-state index in [4.69, 9.17) is 5.26 Å². The fraction of sp³-hybridized carbons (Fsp3) is 0.846. The van der Waals surface area contributed by atoms with Crippen molar-refractivity contribution in [2.45, 2.75) is 52.0 Å². The second-order valence-electron chi connectivity index (χ2n) is 5.09. The normalized spacial score (nSPS) is 21.4. The van der Waals surface area contributed by atoms with Crippen molar-refractivity contribution < 1.29 is 4.79 Å². The van der Waals surface area contributed by atoms with Crippen LogP contribution in [-0.2, 0) is 4.79 Å². The Hall–Kier alpha value is -0.880. The molecule has 0 bridgehead atoms. The van der Waals surface area contributed by atoms with Crippen LogP contribution in [0.4, 0.5) is 0 Å². The molecule has 1 unspecified atom stereocenters. The first-order chi connectivity index (χ1) is 7.63. The van der Waals surface area contributed by atoms with Gasteiger partial charge in [-0.25, -0.2) is 0 Å². The molecule has 0 N–H and O–H groups in total. The van der Waals surface area contributed by atoms with E-state index in [1.165, 1.54) is 0 Å². The molecule has 1 atom stereocenters. The molecule has 1 rings (SSSR count). The average Bonchev–Trinajstić information content (AvgIpc) is 2.23. The van der Waals surface area contributed by atoms with Gasteiger partial charge >= 0.3 is 0 Å². The molecule has 0 aliphatic heterocycles.